The molecule has 94 valence electrons. The lowest BCUT2D eigenvalue weighted by atomic mass is 10.3. The number of nitrogens with one attached hydrogen (secondary N) is 1. The molecule has 2 rings (SSSR count). The summed E-state index contributed by atoms with van der Waals surface area (Å²) in [4.78, 5) is 23.6. The van der Waals surface area contributed by atoms with Gasteiger partial charge in [-0.2, -0.15) is 0 Å². The Bertz CT molecular complexity index is 587. The molecule has 0 aliphatic carbocycles. The molecule has 0 unspecified atom stereocenters. The maximum absolute atomic E-state index is 11.8. The number of carbonyl (C=O) groups excluding carboxylic acids is 2. The molecule has 2 aromatic heterocycles. The highest BCUT2D eigenvalue weighted by atomic mass is 32.1. The molecule has 0 atom stereocenters. The topological polar surface area (TPSA) is 81.4 Å². The van der Waals surface area contributed by atoms with E-state index in [-0.39, 0.29) is 5.76 Å². The van der Waals surface area contributed by atoms with E-state index >= 15 is 0 Å². The van der Waals surface area contributed by atoms with Crippen molar-refractivity contribution in [2.75, 3.05) is 12.4 Å². The third-order valence-corrected chi connectivity index (χ3v) is 3.03. The smallest absolute Gasteiger partial charge is 0.350 e. The monoisotopic (exact) mass is 266 g/mol. The number of methoxy groups -OCH3 is 1. The lowest BCUT2D eigenvalue weighted by Gasteiger charge is -2.02. The van der Waals surface area contributed by atoms with Crippen molar-refractivity contribution in [2.24, 2.45) is 0 Å². The number of thiophene rings is 1. The Morgan fingerprint density at radius 1 is 1.50 bits per heavy atom. The highest BCUT2D eigenvalue weighted by Gasteiger charge is 2.18. The van der Waals surface area contributed by atoms with Gasteiger partial charge < -0.3 is 14.6 Å². The second-order valence-corrected chi connectivity index (χ2v) is 4.36. The molecule has 0 aliphatic rings. The average Bonchev–Trinajstić information content (AvgIpc) is 2.97. The van der Waals surface area contributed by atoms with Crippen molar-refractivity contribution in [1.29, 1.82) is 0 Å². The predicted octanol–water partition coefficient (Wildman–Crippen LogP) is 2.08. The minimum Gasteiger partial charge on any atom is -0.465 e. The number of hydrogen-bond donors (Lipinski definition) is 1. The van der Waals surface area contributed by atoms with Crippen LogP contribution < -0.4 is 5.32 Å². The molecule has 0 saturated heterocycles. The summed E-state index contributed by atoms with van der Waals surface area (Å²) in [6.45, 7) is 1.71. The van der Waals surface area contributed by atoms with Crippen molar-refractivity contribution >= 4 is 28.9 Å². The maximum atomic E-state index is 11.8. The molecule has 6 nitrogen and oxygen atoms in total. The summed E-state index contributed by atoms with van der Waals surface area (Å²) in [7, 11) is 1.29. The molecule has 0 aromatic carbocycles. The molecule has 0 saturated carbocycles. The number of nitrogens with zero attached hydrogens (tertiary/aromatic N) is 1. The van der Waals surface area contributed by atoms with Crippen molar-refractivity contribution in [3.63, 3.8) is 0 Å². The lowest BCUT2D eigenvalue weighted by molar-refractivity contribution is 0.0607. The van der Waals surface area contributed by atoms with E-state index in [0.717, 1.165) is 0 Å². The van der Waals surface area contributed by atoms with E-state index in [1.54, 1.807) is 18.4 Å². The third-order valence-electron chi connectivity index (χ3n) is 2.14. The number of esters is 1. The van der Waals surface area contributed by atoms with Crippen LogP contribution in [0.2, 0.25) is 0 Å². The van der Waals surface area contributed by atoms with Gasteiger partial charge in [-0.15, -0.1) is 11.3 Å². The fraction of sp³-hybridized carbons (Fsp3) is 0.182. The molecule has 0 spiro atoms. The van der Waals surface area contributed by atoms with Gasteiger partial charge in [0.15, 0.2) is 0 Å². The number of aromatic nitrogens is 1. The van der Waals surface area contributed by atoms with Crippen molar-refractivity contribution in [3.05, 3.63) is 33.8 Å². The lowest BCUT2D eigenvalue weighted by Crippen LogP contribution is -2.13. The summed E-state index contributed by atoms with van der Waals surface area (Å²) in [6.07, 6.45) is 0. The average molecular weight is 266 g/mol. The first-order chi connectivity index (χ1) is 8.61. The second-order valence-electron chi connectivity index (χ2n) is 3.44. The molecule has 7 heteroatoms. The first kappa shape index (κ1) is 12.3. The van der Waals surface area contributed by atoms with Crippen LogP contribution in [-0.2, 0) is 4.74 Å². The molecule has 0 aliphatic heterocycles. The van der Waals surface area contributed by atoms with E-state index in [1.807, 2.05) is 0 Å². The Labute approximate surface area is 107 Å². The third kappa shape index (κ3) is 2.40. The van der Waals surface area contributed by atoms with E-state index in [2.05, 4.69) is 15.2 Å². The van der Waals surface area contributed by atoms with E-state index in [4.69, 9.17) is 4.52 Å². The Kier molecular flexibility index (Phi) is 3.42. The van der Waals surface area contributed by atoms with Crippen LogP contribution in [0, 0.1) is 6.92 Å². The summed E-state index contributed by atoms with van der Waals surface area (Å²) in [5.41, 5.74) is 1.00. The minimum absolute atomic E-state index is 0.0921. The zero-order valence-electron chi connectivity index (χ0n) is 9.72. The molecule has 0 fully saturated rings. The Morgan fingerprint density at radius 2 is 2.28 bits per heavy atom. The molecule has 18 heavy (non-hydrogen) atoms. The minimum atomic E-state index is -0.492. The summed E-state index contributed by atoms with van der Waals surface area (Å²) in [5, 5.41) is 7.88. The van der Waals surface area contributed by atoms with Crippen molar-refractivity contribution in [2.45, 2.75) is 6.92 Å². The number of rotatable bonds is 3. The first-order valence-corrected chi connectivity index (χ1v) is 5.90. The van der Waals surface area contributed by atoms with Crippen LogP contribution in [0.1, 0.15) is 25.9 Å². The molecule has 1 amide bonds. The fourth-order valence-electron chi connectivity index (χ4n) is 1.31. The Hall–Kier alpha value is -2.15. The van der Waals surface area contributed by atoms with Crippen LogP contribution in [0.15, 0.2) is 22.0 Å². The predicted molar refractivity (Wildman–Crippen MR) is 64.9 cm³/mol. The largest absolute Gasteiger partial charge is 0.465 e. The fourth-order valence-corrected chi connectivity index (χ4v) is 2.08. The molecule has 0 bridgehead atoms. The Balaban J connectivity index is 2.17. The van der Waals surface area contributed by atoms with Crippen LogP contribution >= 0.6 is 11.3 Å². The molecular weight excluding hydrogens is 256 g/mol. The van der Waals surface area contributed by atoms with E-state index in [9.17, 15) is 9.59 Å². The van der Waals surface area contributed by atoms with Gasteiger partial charge in [-0.25, -0.2) is 4.79 Å². The number of carbonyl (C=O) groups is 2. The zero-order chi connectivity index (χ0) is 13.1. The van der Waals surface area contributed by atoms with E-state index in [1.165, 1.54) is 24.5 Å². The number of hydrogen-bond acceptors (Lipinski definition) is 6. The summed E-state index contributed by atoms with van der Waals surface area (Å²) in [6, 6.07) is 3.14. The standard InChI is InChI=1S/C11H10N2O4S/c1-6-5-8(17-13-6)10(14)12-7-3-4-18-9(7)11(15)16-2/h3-5H,1-2H3,(H,12,14). The normalized spacial score (nSPS) is 10.1. The summed E-state index contributed by atoms with van der Waals surface area (Å²) in [5.74, 6) is -0.859. The first-order valence-electron chi connectivity index (χ1n) is 5.02. The highest BCUT2D eigenvalue weighted by molar-refractivity contribution is 7.12. The number of ether oxygens (including phenoxy) is 1. The van der Waals surface area contributed by atoms with Crippen LogP contribution in [-0.4, -0.2) is 24.1 Å². The van der Waals surface area contributed by atoms with Gasteiger partial charge in [-0.05, 0) is 18.4 Å². The molecule has 0 radical (unpaired) electrons. The SMILES string of the molecule is COC(=O)c1sccc1NC(=O)c1cc(C)no1. The van der Waals surface area contributed by atoms with Gasteiger partial charge in [0.2, 0.25) is 5.76 Å². The van der Waals surface area contributed by atoms with E-state index in [0.29, 0.717) is 16.3 Å². The summed E-state index contributed by atoms with van der Waals surface area (Å²) < 4.78 is 9.44. The molecule has 1 N–H and O–H groups in total. The second kappa shape index (κ2) is 5.01. The van der Waals surface area contributed by atoms with Gasteiger partial charge in [-0.1, -0.05) is 5.16 Å². The van der Waals surface area contributed by atoms with Gasteiger partial charge in [0, 0.05) is 6.07 Å². The number of amides is 1. The van der Waals surface area contributed by atoms with E-state index < -0.39 is 11.9 Å². The molecular formula is C11H10N2O4S. The quantitative estimate of drug-likeness (QED) is 0.860. The van der Waals surface area contributed by atoms with Gasteiger partial charge in [0.1, 0.15) is 4.88 Å². The van der Waals surface area contributed by atoms with Crippen molar-refractivity contribution in [3.8, 4) is 0 Å². The number of aryl methyl sites for hydroxylation is 1. The van der Waals surface area contributed by atoms with Gasteiger partial charge >= 0.3 is 5.97 Å². The number of anilines is 1. The van der Waals surface area contributed by atoms with Crippen LogP contribution in [0.5, 0.6) is 0 Å². The Morgan fingerprint density at radius 3 is 2.89 bits per heavy atom. The maximum Gasteiger partial charge on any atom is 0.350 e. The zero-order valence-corrected chi connectivity index (χ0v) is 10.5. The van der Waals surface area contributed by atoms with Gasteiger partial charge in [-0.3, -0.25) is 4.79 Å². The molecule has 2 aromatic rings. The molecule has 2 heterocycles. The van der Waals surface area contributed by atoms with Gasteiger partial charge in [0.05, 0.1) is 18.5 Å². The van der Waals surface area contributed by atoms with Crippen LogP contribution in [0.3, 0.4) is 0 Å². The summed E-state index contributed by atoms with van der Waals surface area (Å²) >= 11 is 1.19. The van der Waals surface area contributed by atoms with Gasteiger partial charge in [0.25, 0.3) is 5.91 Å². The highest BCUT2D eigenvalue weighted by Crippen LogP contribution is 2.23. The van der Waals surface area contributed by atoms with Crippen LogP contribution in [0.4, 0.5) is 5.69 Å². The van der Waals surface area contributed by atoms with Crippen molar-refractivity contribution < 1.29 is 18.8 Å². The van der Waals surface area contributed by atoms with Crippen LogP contribution in [0.25, 0.3) is 0 Å². The van der Waals surface area contributed by atoms with Crippen molar-refractivity contribution in [1.82, 2.24) is 5.16 Å².